The lowest BCUT2D eigenvalue weighted by atomic mass is 10.1. The molecule has 0 amide bonds. The number of ketones is 2. The van der Waals surface area contributed by atoms with E-state index >= 15 is 0 Å². The van der Waals surface area contributed by atoms with Crippen molar-refractivity contribution in [2.75, 3.05) is 0 Å². The molecule has 0 aromatic rings. The molecule has 0 aliphatic carbocycles. The van der Waals surface area contributed by atoms with Crippen LogP contribution in [0.1, 0.15) is 46.5 Å². The second-order valence-electron chi connectivity index (χ2n) is 3.48. The van der Waals surface area contributed by atoms with E-state index in [0.717, 1.165) is 12.0 Å². The minimum atomic E-state index is 0.0597. The first-order valence-corrected chi connectivity index (χ1v) is 4.75. The summed E-state index contributed by atoms with van der Waals surface area (Å²) in [5, 5.41) is 0. The highest BCUT2D eigenvalue weighted by Gasteiger charge is 2.03. The molecule has 0 saturated carbocycles. The molecule has 0 aliphatic heterocycles. The van der Waals surface area contributed by atoms with Crippen LogP contribution in [0.15, 0.2) is 11.6 Å². The zero-order valence-corrected chi connectivity index (χ0v) is 8.72. The fourth-order valence-electron chi connectivity index (χ4n) is 1.06. The molecule has 2 heteroatoms. The van der Waals surface area contributed by atoms with E-state index in [1.165, 1.54) is 0 Å². The van der Waals surface area contributed by atoms with Gasteiger partial charge in [-0.1, -0.05) is 12.5 Å². The summed E-state index contributed by atoms with van der Waals surface area (Å²) < 4.78 is 0. The summed E-state index contributed by atoms with van der Waals surface area (Å²) in [4.78, 5) is 22.2. The van der Waals surface area contributed by atoms with E-state index in [-0.39, 0.29) is 11.6 Å². The summed E-state index contributed by atoms with van der Waals surface area (Å²) >= 11 is 0. The minimum Gasteiger partial charge on any atom is -0.300 e. The zero-order chi connectivity index (χ0) is 10.3. The molecule has 0 fully saturated rings. The number of rotatable bonds is 6. The predicted molar refractivity (Wildman–Crippen MR) is 53.6 cm³/mol. The number of carbonyl (C=O) groups excluding carboxylic acids is 2. The molecular formula is C11H18O2. The van der Waals surface area contributed by atoms with Crippen molar-refractivity contribution in [3.8, 4) is 0 Å². The van der Waals surface area contributed by atoms with Gasteiger partial charge in [-0.2, -0.15) is 0 Å². The van der Waals surface area contributed by atoms with Gasteiger partial charge in [0.1, 0.15) is 5.78 Å². The second kappa shape index (κ2) is 6.58. The third kappa shape index (κ3) is 7.44. The van der Waals surface area contributed by atoms with Gasteiger partial charge in [-0.3, -0.25) is 9.59 Å². The van der Waals surface area contributed by atoms with Crippen molar-refractivity contribution in [1.29, 1.82) is 0 Å². The molecule has 74 valence electrons. The van der Waals surface area contributed by atoms with Gasteiger partial charge in [0.15, 0.2) is 5.78 Å². The normalized spacial score (nSPS) is 9.46. The average molecular weight is 182 g/mol. The van der Waals surface area contributed by atoms with Crippen molar-refractivity contribution in [2.45, 2.75) is 46.5 Å². The largest absolute Gasteiger partial charge is 0.300 e. The fourth-order valence-corrected chi connectivity index (χ4v) is 1.06. The SMILES string of the molecule is CCCC(=O)CCC(=O)C=C(C)C. The Bertz CT molecular complexity index is 210. The van der Waals surface area contributed by atoms with E-state index in [2.05, 4.69) is 0 Å². The molecule has 0 saturated heterocycles. The molecule has 0 N–H and O–H groups in total. The lowest BCUT2D eigenvalue weighted by Crippen LogP contribution is -2.01. The predicted octanol–water partition coefficient (Wildman–Crippen LogP) is 2.67. The summed E-state index contributed by atoms with van der Waals surface area (Å²) in [6, 6.07) is 0. The molecule has 0 rings (SSSR count). The number of Topliss-reactive ketones (excluding diaryl/α,β-unsaturated/α-hetero) is 1. The molecule has 0 heterocycles. The highest BCUT2D eigenvalue weighted by Crippen LogP contribution is 2.01. The van der Waals surface area contributed by atoms with Gasteiger partial charge >= 0.3 is 0 Å². The summed E-state index contributed by atoms with van der Waals surface area (Å²) in [5.74, 6) is 0.252. The van der Waals surface area contributed by atoms with E-state index < -0.39 is 0 Å². The highest BCUT2D eigenvalue weighted by atomic mass is 16.1. The van der Waals surface area contributed by atoms with Crippen LogP contribution in [0.5, 0.6) is 0 Å². The average Bonchev–Trinajstić information content (AvgIpc) is 2.00. The molecule has 0 radical (unpaired) electrons. The first-order valence-electron chi connectivity index (χ1n) is 4.75. The molecule has 0 spiro atoms. The van der Waals surface area contributed by atoms with Crippen molar-refractivity contribution in [3.05, 3.63) is 11.6 Å². The van der Waals surface area contributed by atoms with Gasteiger partial charge in [0, 0.05) is 19.3 Å². The van der Waals surface area contributed by atoms with Crippen LogP contribution in [0.3, 0.4) is 0 Å². The second-order valence-corrected chi connectivity index (χ2v) is 3.48. The van der Waals surface area contributed by atoms with Gasteiger partial charge in [-0.25, -0.2) is 0 Å². The van der Waals surface area contributed by atoms with Gasteiger partial charge < -0.3 is 0 Å². The van der Waals surface area contributed by atoms with Crippen LogP contribution in [-0.2, 0) is 9.59 Å². The van der Waals surface area contributed by atoms with E-state index in [9.17, 15) is 9.59 Å². The van der Waals surface area contributed by atoms with Crippen LogP contribution in [-0.4, -0.2) is 11.6 Å². The fraction of sp³-hybridized carbons (Fsp3) is 0.636. The first-order chi connectivity index (χ1) is 6.06. The standard InChI is InChI=1S/C11H18O2/c1-4-5-10(12)6-7-11(13)8-9(2)3/h8H,4-7H2,1-3H3. The van der Waals surface area contributed by atoms with Gasteiger partial charge in [0.2, 0.25) is 0 Å². The smallest absolute Gasteiger partial charge is 0.156 e. The molecular weight excluding hydrogens is 164 g/mol. The Hall–Kier alpha value is -0.920. The number of hydrogen-bond acceptors (Lipinski definition) is 2. The van der Waals surface area contributed by atoms with Crippen LogP contribution in [0.4, 0.5) is 0 Å². The van der Waals surface area contributed by atoms with Crippen LogP contribution < -0.4 is 0 Å². The Labute approximate surface area is 80.0 Å². The van der Waals surface area contributed by atoms with E-state index in [0.29, 0.717) is 19.3 Å². The Kier molecular flexibility index (Phi) is 6.11. The molecule has 0 atom stereocenters. The summed E-state index contributed by atoms with van der Waals surface area (Å²) in [6.45, 7) is 5.73. The van der Waals surface area contributed by atoms with Crippen molar-refractivity contribution in [3.63, 3.8) is 0 Å². The van der Waals surface area contributed by atoms with E-state index in [4.69, 9.17) is 0 Å². The summed E-state index contributed by atoms with van der Waals surface area (Å²) in [7, 11) is 0. The molecule has 2 nitrogen and oxygen atoms in total. The molecule has 0 aliphatic rings. The molecule has 0 aromatic carbocycles. The van der Waals surface area contributed by atoms with Gasteiger partial charge in [-0.05, 0) is 26.3 Å². The monoisotopic (exact) mass is 182 g/mol. The third-order valence-corrected chi connectivity index (χ3v) is 1.63. The maximum atomic E-state index is 11.1. The van der Waals surface area contributed by atoms with Gasteiger partial charge in [0.05, 0.1) is 0 Å². The van der Waals surface area contributed by atoms with Crippen LogP contribution in [0.25, 0.3) is 0 Å². The Morgan fingerprint density at radius 1 is 1.08 bits per heavy atom. The Balaban J connectivity index is 3.71. The lowest BCUT2D eigenvalue weighted by Gasteiger charge is -1.96. The van der Waals surface area contributed by atoms with Crippen LogP contribution >= 0.6 is 0 Å². The maximum absolute atomic E-state index is 11.1. The molecule has 0 aromatic heterocycles. The maximum Gasteiger partial charge on any atom is 0.156 e. The van der Waals surface area contributed by atoms with Gasteiger partial charge in [0.25, 0.3) is 0 Å². The number of allylic oxidation sites excluding steroid dienone is 2. The van der Waals surface area contributed by atoms with Crippen LogP contribution in [0.2, 0.25) is 0 Å². The number of carbonyl (C=O) groups is 2. The van der Waals surface area contributed by atoms with Gasteiger partial charge in [-0.15, -0.1) is 0 Å². The molecule has 0 bridgehead atoms. The molecule has 0 unspecified atom stereocenters. The van der Waals surface area contributed by atoms with Crippen molar-refractivity contribution < 1.29 is 9.59 Å². The number of hydrogen-bond donors (Lipinski definition) is 0. The van der Waals surface area contributed by atoms with E-state index in [1.807, 2.05) is 20.8 Å². The van der Waals surface area contributed by atoms with Crippen molar-refractivity contribution in [1.82, 2.24) is 0 Å². The van der Waals surface area contributed by atoms with Crippen molar-refractivity contribution >= 4 is 11.6 Å². The third-order valence-electron chi connectivity index (χ3n) is 1.63. The minimum absolute atomic E-state index is 0.0597. The first kappa shape index (κ1) is 12.1. The quantitative estimate of drug-likeness (QED) is 0.592. The zero-order valence-electron chi connectivity index (χ0n) is 8.72. The summed E-state index contributed by atoms with van der Waals surface area (Å²) in [6.07, 6.45) is 3.83. The van der Waals surface area contributed by atoms with Crippen LogP contribution in [0, 0.1) is 0 Å². The lowest BCUT2D eigenvalue weighted by molar-refractivity contribution is -0.122. The Morgan fingerprint density at radius 2 is 1.69 bits per heavy atom. The topological polar surface area (TPSA) is 34.1 Å². The van der Waals surface area contributed by atoms with Crippen molar-refractivity contribution in [2.24, 2.45) is 0 Å². The molecule has 13 heavy (non-hydrogen) atoms. The summed E-state index contributed by atoms with van der Waals surface area (Å²) in [5.41, 5.74) is 0.993. The highest BCUT2D eigenvalue weighted by molar-refractivity contribution is 5.93. The Morgan fingerprint density at radius 3 is 2.15 bits per heavy atom. The van der Waals surface area contributed by atoms with E-state index in [1.54, 1.807) is 6.08 Å².